The summed E-state index contributed by atoms with van der Waals surface area (Å²) in [6.07, 6.45) is 1.63. The highest BCUT2D eigenvalue weighted by Crippen LogP contribution is 2.43. The van der Waals surface area contributed by atoms with Crippen molar-refractivity contribution in [1.29, 1.82) is 0 Å². The van der Waals surface area contributed by atoms with E-state index in [2.05, 4.69) is 15.3 Å². The van der Waals surface area contributed by atoms with Gasteiger partial charge in [-0.15, -0.1) is 5.10 Å². The number of hydrogen-bond donors (Lipinski definition) is 2. The largest absolute Gasteiger partial charge is 0.505 e. The summed E-state index contributed by atoms with van der Waals surface area (Å²) in [6, 6.07) is 5.28. The molecule has 1 fully saturated rings. The molecule has 0 radical (unpaired) electrons. The molecule has 1 amide bonds. The van der Waals surface area contributed by atoms with Crippen LogP contribution in [0.15, 0.2) is 24.4 Å². The SMILES string of the molecule is CCc1nc2ccc(C(O)(c3cnnn3C)C3CN(C(=O)OC(C)(C)C)C3)cc2c(Cl)c1O. The molecule has 1 aromatic carbocycles. The first kappa shape index (κ1) is 23.3. The van der Waals surface area contributed by atoms with Crippen molar-refractivity contribution in [3.8, 4) is 5.75 Å². The van der Waals surface area contributed by atoms with Gasteiger partial charge in [0.25, 0.3) is 0 Å². The van der Waals surface area contributed by atoms with E-state index >= 15 is 0 Å². The summed E-state index contributed by atoms with van der Waals surface area (Å²) in [5.74, 6) is -0.399. The number of rotatable bonds is 4. The van der Waals surface area contributed by atoms with Crippen molar-refractivity contribution in [1.82, 2.24) is 24.9 Å². The van der Waals surface area contributed by atoms with E-state index in [0.717, 1.165) is 0 Å². The van der Waals surface area contributed by atoms with Crippen LogP contribution in [0.3, 0.4) is 0 Å². The zero-order chi connectivity index (χ0) is 24.1. The summed E-state index contributed by atoms with van der Waals surface area (Å²) in [5, 5.41) is 31.2. The molecule has 4 rings (SSSR count). The molecule has 3 heterocycles. The molecule has 0 spiro atoms. The molecule has 9 nitrogen and oxygen atoms in total. The van der Waals surface area contributed by atoms with Crippen LogP contribution in [-0.4, -0.2) is 59.9 Å². The third-order valence-electron chi connectivity index (χ3n) is 5.97. The van der Waals surface area contributed by atoms with Crippen LogP contribution in [-0.2, 0) is 23.8 Å². The Morgan fingerprint density at radius 1 is 1.30 bits per heavy atom. The molecular weight excluding hydrogens is 446 g/mol. The first-order valence-electron chi connectivity index (χ1n) is 10.8. The van der Waals surface area contributed by atoms with Gasteiger partial charge in [0.15, 0.2) is 5.75 Å². The molecule has 2 N–H and O–H groups in total. The summed E-state index contributed by atoms with van der Waals surface area (Å²) < 4.78 is 6.96. The number of fused-ring (bicyclic) bond motifs is 1. The van der Waals surface area contributed by atoms with Crippen LogP contribution < -0.4 is 0 Å². The van der Waals surface area contributed by atoms with Crippen molar-refractivity contribution >= 4 is 28.6 Å². The minimum Gasteiger partial charge on any atom is -0.505 e. The second-order valence-corrected chi connectivity index (χ2v) is 9.78. The average molecular weight is 474 g/mol. The summed E-state index contributed by atoms with van der Waals surface area (Å²) >= 11 is 6.47. The van der Waals surface area contributed by atoms with Gasteiger partial charge in [-0.3, -0.25) is 0 Å². The lowest BCUT2D eigenvalue weighted by Gasteiger charge is -2.47. The van der Waals surface area contributed by atoms with Gasteiger partial charge >= 0.3 is 6.09 Å². The Labute approximate surface area is 196 Å². The number of hydrogen-bond acceptors (Lipinski definition) is 7. The lowest BCUT2D eigenvalue weighted by molar-refractivity contribution is -0.0725. The number of halogens is 1. The van der Waals surface area contributed by atoms with Gasteiger partial charge in [-0.05, 0) is 44.9 Å². The number of likely N-dealkylation sites (tertiary alicyclic amines) is 1. The van der Waals surface area contributed by atoms with Gasteiger partial charge in [0.2, 0.25) is 0 Å². The highest BCUT2D eigenvalue weighted by molar-refractivity contribution is 6.36. The third kappa shape index (κ3) is 4.00. The van der Waals surface area contributed by atoms with Gasteiger partial charge < -0.3 is 19.8 Å². The summed E-state index contributed by atoms with van der Waals surface area (Å²) in [6.45, 7) is 7.91. The van der Waals surface area contributed by atoms with Gasteiger partial charge in [0.05, 0.1) is 28.1 Å². The van der Waals surface area contributed by atoms with Gasteiger partial charge in [-0.1, -0.05) is 29.8 Å². The zero-order valence-corrected chi connectivity index (χ0v) is 20.1. The van der Waals surface area contributed by atoms with Crippen LogP contribution in [0.25, 0.3) is 10.9 Å². The van der Waals surface area contributed by atoms with Crippen LogP contribution in [0, 0.1) is 5.92 Å². The summed E-state index contributed by atoms with van der Waals surface area (Å²) in [7, 11) is 1.70. The number of benzene rings is 1. The molecule has 33 heavy (non-hydrogen) atoms. The van der Waals surface area contributed by atoms with Crippen molar-refractivity contribution in [3.63, 3.8) is 0 Å². The number of pyridine rings is 1. The van der Waals surface area contributed by atoms with Gasteiger partial charge in [0, 0.05) is 31.4 Å². The number of ether oxygens (including phenoxy) is 1. The molecule has 2 aromatic heterocycles. The number of carbonyl (C=O) groups is 1. The Balaban J connectivity index is 1.75. The molecule has 1 aliphatic rings. The van der Waals surface area contributed by atoms with Gasteiger partial charge in [-0.25, -0.2) is 14.5 Å². The Morgan fingerprint density at radius 2 is 2.00 bits per heavy atom. The number of amides is 1. The highest BCUT2D eigenvalue weighted by Gasteiger charge is 2.50. The Kier molecular flexibility index (Phi) is 5.74. The standard InChI is InChI=1S/C23H28ClN5O4/c1-6-16-20(30)19(24)15-9-13(7-8-17(15)26-16)23(32,18-10-25-27-28(18)5)14-11-29(12-14)21(31)33-22(2,3)4/h7-10,14,30,32H,6,11-12H2,1-5H3. The first-order valence-corrected chi connectivity index (χ1v) is 11.2. The maximum atomic E-state index is 12.5. The molecule has 1 atom stereocenters. The molecule has 1 unspecified atom stereocenters. The number of carbonyl (C=O) groups excluding carboxylic acids is 1. The monoisotopic (exact) mass is 473 g/mol. The van der Waals surface area contributed by atoms with Crippen molar-refractivity contribution in [2.75, 3.05) is 13.1 Å². The number of aryl methyl sites for hydroxylation is 2. The number of aromatic nitrogens is 4. The second-order valence-electron chi connectivity index (χ2n) is 9.40. The topological polar surface area (TPSA) is 114 Å². The van der Waals surface area contributed by atoms with Crippen LogP contribution in [0.4, 0.5) is 4.79 Å². The van der Waals surface area contributed by atoms with E-state index in [-0.39, 0.29) is 16.7 Å². The molecule has 3 aromatic rings. The molecule has 0 aliphatic carbocycles. The van der Waals surface area contributed by atoms with E-state index in [1.165, 1.54) is 10.9 Å². The van der Waals surface area contributed by atoms with Gasteiger partial charge in [-0.2, -0.15) is 0 Å². The average Bonchev–Trinajstić information content (AvgIpc) is 3.14. The highest BCUT2D eigenvalue weighted by atomic mass is 35.5. The fourth-order valence-corrected chi connectivity index (χ4v) is 4.45. The number of aromatic hydroxyl groups is 1. The molecule has 1 aliphatic heterocycles. The van der Waals surface area contributed by atoms with Crippen LogP contribution in [0.2, 0.25) is 5.02 Å². The van der Waals surface area contributed by atoms with Crippen molar-refractivity contribution in [3.05, 3.63) is 46.4 Å². The van der Waals surface area contributed by atoms with Gasteiger partial charge in [0.1, 0.15) is 11.2 Å². The lowest BCUT2D eigenvalue weighted by atomic mass is 9.74. The molecule has 176 valence electrons. The van der Waals surface area contributed by atoms with Crippen molar-refractivity contribution in [2.24, 2.45) is 13.0 Å². The molecule has 0 bridgehead atoms. The minimum atomic E-state index is -1.51. The predicted octanol–water partition coefficient (Wildman–Crippen LogP) is 3.39. The van der Waals surface area contributed by atoms with Crippen LogP contribution in [0.5, 0.6) is 5.75 Å². The Hall–Kier alpha value is -2.91. The van der Waals surface area contributed by atoms with E-state index in [9.17, 15) is 15.0 Å². The minimum absolute atomic E-state index is 0.0608. The maximum absolute atomic E-state index is 12.5. The van der Waals surface area contributed by atoms with E-state index in [0.29, 0.717) is 47.4 Å². The first-order chi connectivity index (χ1) is 15.5. The Morgan fingerprint density at radius 3 is 2.58 bits per heavy atom. The fourth-order valence-electron chi connectivity index (χ4n) is 4.19. The maximum Gasteiger partial charge on any atom is 0.410 e. The lowest BCUT2D eigenvalue weighted by Crippen LogP contribution is -2.59. The second kappa shape index (κ2) is 8.14. The van der Waals surface area contributed by atoms with E-state index in [4.69, 9.17) is 16.3 Å². The third-order valence-corrected chi connectivity index (χ3v) is 6.36. The number of aliphatic hydroxyl groups is 1. The molecule has 1 saturated heterocycles. The predicted molar refractivity (Wildman–Crippen MR) is 123 cm³/mol. The van der Waals surface area contributed by atoms with E-state index < -0.39 is 17.3 Å². The quantitative estimate of drug-likeness (QED) is 0.597. The van der Waals surface area contributed by atoms with Crippen LogP contribution >= 0.6 is 11.6 Å². The fraction of sp³-hybridized carbons (Fsp3) is 0.478. The normalized spacial score (nSPS) is 16.5. The van der Waals surface area contributed by atoms with Crippen molar-refractivity contribution < 1.29 is 19.7 Å². The molecular formula is C23H28ClN5O4. The molecule has 0 saturated carbocycles. The molecule has 10 heteroatoms. The number of nitrogens with zero attached hydrogens (tertiary/aromatic N) is 5. The summed E-state index contributed by atoms with van der Waals surface area (Å²) in [5.41, 5.74) is 0.0427. The Bertz CT molecular complexity index is 1220. The smallest absolute Gasteiger partial charge is 0.410 e. The van der Waals surface area contributed by atoms with E-state index in [1.54, 1.807) is 30.1 Å². The van der Waals surface area contributed by atoms with E-state index in [1.807, 2.05) is 27.7 Å². The van der Waals surface area contributed by atoms with Crippen LogP contribution in [0.1, 0.15) is 44.6 Å². The van der Waals surface area contributed by atoms with Crippen molar-refractivity contribution in [2.45, 2.75) is 45.3 Å². The zero-order valence-electron chi connectivity index (χ0n) is 19.3. The summed E-state index contributed by atoms with van der Waals surface area (Å²) in [4.78, 5) is 18.5.